The minimum atomic E-state index is -0.882. The van der Waals surface area contributed by atoms with Crippen molar-refractivity contribution in [1.29, 1.82) is 0 Å². The molecule has 1 rings (SSSR count). The lowest BCUT2D eigenvalue weighted by atomic mass is 10.2. The van der Waals surface area contributed by atoms with E-state index in [1.807, 2.05) is 24.3 Å². The minimum Gasteiger partial charge on any atom is -0.255 e. The third-order valence-electron chi connectivity index (χ3n) is 1.41. The molecule has 1 atom stereocenters. The molecule has 1 aromatic carbocycles. The van der Waals surface area contributed by atoms with Crippen molar-refractivity contribution in [3.05, 3.63) is 29.8 Å². The van der Waals surface area contributed by atoms with Crippen molar-refractivity contribution in [3.63, 3.8) is 0 Å². The fourth-order valence-corrected chi connectivity index (χ4v) is 1.47. The predicted octanol–water partition coefficient (Wildman–Crippen LogP) is 2.16. The van der Waals surface area contributed by atoms with E-state index in [0.29, 0.717) is 5.88 Å². The van der Waals surface area contributed by atoms with Gasteiger partial charge in [-0.25, -0.2) is 0 Å². The van der Waals surface area contributed by atoms with E-state index in [0.717, 1.165) is 10.5 Å². The highest BCUT2D eigenvalue weighted by Gasteiger charge is 1.95. The van der Waals surface area contributed by atoms with E-state index in [4.69, 9.17) is 11.6 Å². The van der Waals surface area contributed by atoms with Gasteiger partial charge in [0, 0.05) is 27.8 Å². The number of alkyl halides is 1. The first-order valence-corrected chi connectivity index (χ1v) is 5.31. The molecule has 60 valence electrons. The normalized spacial score (nSPS) is 12.9. The zero-order chi connectivity index (χ0) is 8.27. The van der Waals surface area contributed by atoms with Gasteiger partial charge in [-0.3, -0.25) is 4.21 Å². The number of hydrogen-bond donors (Lipinski definition) is 0. The van der Waals surface area contributed by atoms with Gasteiger partial charge in [0.1, 0.15) is 0 Å². The lowest BCUT2D eigenvalue weighted by Crippen LogP contribution is -1.86. The Balaban J connectivity index is 2.91. The Morgan fingerprint density at radius 3 is 2.27 bits per heavy atom. The van der Waals surface area contributed by atoms with Crippen LogP contribution >= 0.6 is 11.6 Å². The second-order valence-corrected chi connectivity index (χ2v) is 3.88. The van der Waals surface area contributed by atoms with Crippen molar-refractivity contribution in [2.45, 2.75) is 10.8 Å². The summed E-state index contributed by atoms with van der Waals surface area (Å²) in [6.07, 6.45) is 1.66. The maximum absolute atomic E-state index is 10.9. The summed E-state index contributed by atoms with van der Waals surface area (Å²) in [5.74, 6) is 0.511. The van der Waals surface area contributed by atoms with Crippen LogP contribution in [-0.2, 0) is 16.7 Å². The van der Waals surface area contributed by atoms with Crippen molar-refractivity contribution in [2.24, 2.45) is 0 Å². The Morgan fingerprint density at radius 1 is 1.36 bits per heavy atom. The zero-order valence-electron chi connectivity index (χ0n) is 6.21. The molecule has 0 fully saturated rings. The molecule has 0 bridgehead atoms. The summed E-state index contributed by atoms with van der Waals surface area (Å²) in [5, 5.41) is 0. The Kier molecular flexibility index (Phi) is 3.09. The van der Waals surface area contributed by atoms with E-state index in [2.05, 4.69) is 0 Å². The Morgan fingerprint density at radius 2 is 1.91 bits per heavy atom. The molecule has 0 radical (unpaired) electrons. The lowest BCUT2D eigenvalue weighted by molar-refractivity contribution is 0.687. The summed E-state index contributed by atoms with van der Waals surface area (Å²) in [6, 6.07) is 7.47. The van der Waals surface area contributed by atoms with Gasteiger partial charge in [0.25, 0.3) is 0 Å². The molecule has 1 aromatic rings. The minimum absolute atomic E-state index is 0.511. The van der Waals surface area contributed by atoms with Crippen LogP contribution < -0.4 is 0 Å². The van der Waals surface area contributed by atoms with Gasteiger partial charge in [-0.15, -0.1) is 11.6 Å². The zero-order valence-corrected chi connectivity index (χ0v) is 7.78. The van der Waals surface area contributed by atoms with Crippen molar-refractivity contribution in [1.82, 2.24) is 0 Å². The molecule has 0 heterocycles. The first-order chi connectivity index (χ1) is 5.24. The van der Waals surface area contributed by atoms with Crippen LogP contribution in [0.3, 0.4) is 0 Å². The fraction of sp³-hybridized carbons (Fsp3) is 0.250. The molecule has 0 N–H and O–H groups in total. The second-order valence-electron chi connectivity index (χ2n) is 2.23. The predicted molar refractivity (Wildman–Crippen MR) is 48.3 cm³/mol. The molecule has 1 nitrogen and oxygen atoms in total. The third kappa shape index (κ3) is 2.31. The molecular weight excluding hydrogens is 180 g/mol. The highest BCUT2D eigenvalue weighted by molar-refractivity contribution is 7.84. The van der Waals surface area contributed by atoms with E-state index >= 15 is 0 Å². The molecule has 0 spiro atoms. The molecule has 3 heteroatoms. The molecule has 0 aromatic heterocycles. The molecule has 0 aliphatic carbocycles. The van der Waals surface area contributed by atoms with Crippen molar-refractivity contribution in [2.75, 3.05) is 6.26 Å². The summed E-state index contributed by atoms with van der Waals surface area (Å²) in [4.78, 5) is 0.846. The highest BCUT2D eigenvalue weighted by Crippen LogP contribution is 2.08. The Bertz CT molecular complexity index is 255. The molecule has 0 aliphatic rings. The number of benzene rings is 1. The van der Waals surface area contributed by atoms with E-state index in [-0.39, 0.29) is 0 Å². The average molecular weight is 189 g/mol. The van der Waals surface area contributed by atoms with Gasteiger partial charge in [-0.2, -0.15) is 0 Å². The van der Waals surface area contributed by atoms with Gasteiger partial charge >= 0.3 is 0 Å². The number of halogens is 1. The van der Waals surface area contributed by atoms with Crippen LogP contribution in [0.15, 0.2) is 29.2 Å². The monoisotopic (exact) mass is 188 g/mol. The summed E-state index contributed by atoms with van der Waals surface area (Å²) in [6.45, 7) is 0. The summed E-state index contributed by atoms with van der Waals surface area (Å²) in [5.41, 5.74) is 1.06. The van der Waals surface area contributed by atoms with Gasteiger partial charge in [0.2, 0.25) is 0 Å². The number of rotatable bonds is 2. The lowest BCUT2D eigenvalue weighted by Gasteiger charge is -1.96. The van der Waals surface area contributed by atoms with Gasteiger partial charge in [0.15, 0.2) is 0 Å². The maximum Gasteiger partial charge on any atom is 0.0498 e. The van der Waals surface area contributed by atoms with Gasteiger partial charge in [-0.1, -0.05) is 12.1 Å². The largest absolute Gasteiger partial charge is 0.255 e. The van der Waals surface area contributed by atoms with Gasteiger partial charge < -0.3 is 0 Å². The van der Waals surface area contributed by atoms with Crippen LogP contribution in [0.5, 0.6) is 0 Å². The Labute approximate surface area is 73.8 Å². The molecule has 1 unspecified atom stereocenters. The summed E-state index contributed by atoms with van der Waals surface area (Å²) in [7, 11) is -0.882. The summed E-state index contributed by atoms with van der Waals surface area (Å²) < 4.78 is 10.9. The second kappa shape index (κ2) is 3.88. The first kappa shape index (κ1) is 8.75. The molecule has 0 saturated carbocycles. The molecular formula is C8H9ClOS. The molecule has 0 saturated heterocycles. The topological polar surface area (TPSA) is 17.1 Å². The van der Waals surface area contributed by atoms with Crippen molar-refractivity contribution < 1.29 is 4.21 Å². The van der Waals surface area contributed by atoms with Crippen molar-refractivity contribution in [3.8, 4) is 0 Å². The first-order valence-electron chi connectivity index (χ1n) is 3.22. The van der Waals surface area contributed by atoms with Crippen LogP contribution in [0.1, 0.15) is 5.56 Å². The molecule has 0 amide bonds. The van der Waals surface area contributed by atoms with E-state index in [1.54, 1.807) is 6.26 Å². The highest BCUT2D eigenvalue weighted by atomic mass is 35.5. The third-order valence-corrected chi connectivity index (χ3v) is 2.65. The average Bonchev–Trinajstić information content (AvgIpc) is 2.05. The van der Waals surface area contributed by atoms with Crippen LogP contribution in [0.2, 0.25) is 0 Å². The Hall–Kier alpha value is -0.340. The molecule has 11 heavy (non-hydrogen) atoms. The fourth-order valence-electron chi connectivity index (χ4n) is 0.770. The smallest absolute Gasteiger partial charge is 0.0498 e. The van der Waals surface area contributed by atoms with Gasteiger partial charge in [0.05, 0.1) is 0 Å². The van der Waals surface area contributed by atoms with Gasteiger partial charge in [-0.05, 0) is 17.7 Å². The van der Waals surface area contributed by atoms with Crippen LogP contribution in [0.25, 0.3) is 0 Å². The SMILES string of the molecule is CS(=O)c1ccc(CCl)cc1. The maximum atomic E-state index is 10.9. The molecule has 0 aliphatic heterocycles. The van der Waals surface area contributed by atoms with Crippen LogP contribution in [-0.4, -0.2) is 10.5 Å². The van der Waals surface area contributed by atoms with E-state index in [1.165, 1.54) is 0 Å². The van der Waals surface area contributed by atoms with Crippen molar-refractivity contribution >= 4 is 22.4 Å². The van der Waals surface area contributed by atoms with E-state index in [9.17, 15) is 4.21 Å². The van der Waals surface area contributed by atoms with Crippen LogP contribution in [0.4, 0.5) is 0 Å². The number of hydrogen-bond acceptors (Lipinski definition) is 1. The van der Waals surface area contributed by atoms with E-state index < -0.39 is 10.8 Å². The summed E-state index contributed by atoms with van der Waals surface area (Å²) >= 11 is 5.58. The van der Waals surface area contributed by atoms with Crippen LogP contribution in [0, 0.1) is 0 Å². The quantitative estimate of drug-likeness (QED) is 0.651. The standard InChI is InChI=1S/C8H9ClOS/c1-11(10)8-4-2-7(6-9)3-5-8/h2-5H,6H2,1H3.